The van der Waals surface area contributed by atoms with Crippen molar-refractivity contribution < 1.29 is 0 Å². The normalized spacial score (nSPS) is 19.3. The standard InChI is InChI=1S/C20H29N/c1-19(2,3)18-11-9-17(10-12-18)15-20(16-21)13-7-5-4-6-8-14-20/h9-12H,4-8,13-15H2,1-3H3. The third-order valence-corrected chi connectivity index (χ3v) is 4.91. The van der Waals surface area contributed by atoms with Crippen LogP contribution in [0, 0.1) is 16.7 Å². The van der Waals surface area contributed by atoms with Gasteiger partial charge in [0.25, 0.3) is 0 Å². The summed E-state index contributed by atoms with van der Waals surface area (Å²) in [6.45, 7) is 6.73. The van der Waals surface area contributed by atoms with Crippen LogP contribution < -0.4 is 0 Å². The highest BCUT2D eigenvalue weighted by atomic mass is 14.4. The summed E-state index contributed by atoms with van der Waals surface area (Å²) in [6, 6.07) is 11.6. The predicted molar refractivity (Wildman–Crippen MR) is 89.2 cm³/mol. The lowest BCUT2D eigenvalue weighted by atomic mass is 9.73. The van der Waals surface area contributed by atoms with Gasteiger partial charge in [0.1, 0.15) is 0 Å². The van der Waals surface area contributed by atoms with Gasteiger partial charge in [-0.15, -0.1) is 0 Å². The number of hydrogen-bond acceptors (Lipinski definition) is 1. The zero-order valence-electron chi connectivity index (χ0n) is 13.9. The molecule has 1 aliphatic rings. The Bertz CT molecular complexity index is 476. The minimum atomic E-state index is -0.121. The summed E-state index contributed by atoms with van der Waals surface area (Å²) >= 11 is 0. The van der Waals surface area contributed by atoms with Crippen LogP contribution in [0.2, 0.25) is 0 Å². The highest BCUT2D eigenvalue weighted by Crippen LogP contribution is 2.37. The monoisotopic (exact) mass is 283 g/mol. The molecule has 0 unspecified atom stereocenters. The van der Waals surface area contributed by atoms with E-state index in [1.165, 1.54) is 43.2 Å². The maximum Gasteiger partial charge on any atom is 0.0693 e. The molecule has 0 saturated heterocycles. The van der Waals surface area contributed by atoms with Crippen LogP contribution in [0.25, 0.3) is 0 Å². The summed E-state index contributed by atoms with van der Waals surface area (Å²) < 4.78 is 0. The second-order valence-electron chi connectivity index (χ2n) is 7.78. The van der Waals surface area contributed by atoms with Crippen molar-refractivity contribution in [2.24, 2.45) is 5.41 Å². The molecular weight excluding hydrogens is 254 g/mol. The molecule has 0 heterocycles. The lowest BCUT2D eigenvalue weighted by molar-refractivity contribution is 0.287. The number of hydrogen-bond donors (Lipinski definition) is 0. The average molecular weight is 283 g/mol. The van der Waals surface area contributed by atoms with E-state index in [1.807, 2.05) is 0 Å². The molecule has 1 aliphatic carbocycles. The Morgan fingerprint density at radius 2 is 1.48 bits per heavy atom. The second-order valence-corrected chi connectivity index (χ2v) is 7.78. The van der Waals surface area contributed by atoms with Crippen LogP contribution in [0.4, 0.5) is 0 Å². The van der Waals surface area contributed by atoms with E-state index >= 15 is 0 Å². The first-order valence-corrected chi connectivity index (χ1v) is 8.46. The predicted octanol–water partition coefficient (Wildman–Crippen LogP) is 5.78. The minimum absolute atomic E-state index is 0.121. The Hall–Kier alpha value is -1.29. The summed E-state index contributed by atoms with van der Waals surface area (Å²) in [5, 5.41) is 9.75. The fraction of sp³-hybridized carbons (Fsp3) is 0.650. The van der Waals surface area contributed by atoms with Gasteiger partial charge in [-0.3, -0.25) is 0 Å². The third-order valence-electron chi connectivity index (χ3n) is 4.91. The first kappa shape index (κ1) is 16.1. The van der Waals surface area contributed by atoms with E-state index in [9.17, 15) is 5.26 Å². The summed E-state index contributed by atoms with van der Waals surface area (Å²) in [7, 11) is 0. The Morgan fingerprint density at radius 3 is 1.95 bits per heavy atom. The quantitative estimate of drug-likeness (QED) is 0.674. The van der Waals surface area contributed by atoms with Crippen LogP contribution in [0.5, 0.6) is 0 Å². The number of benzene rings is 1. The van der Waals surface area contributed by atoms with Gasteiger partial charge in [-0.25, -0.2) is 0 Å². The van der Waals surface area contributed by atoms with E-state index in [-0.39, 0.29) is 10.8 Å². The maximum absolute atomic E-state index is 9.75. The second kappa shape index (κ2) is 6.65. The van der Waals surface area contributed by atoms with E-state index in [1.54, 1.807) is 0 Å². The van der Waals surface area contributed by atoms with Crippen LogP contribution in [0.1, 0.15) is 76.8 Å². The van der Waals surface area contributed by atoms with Crippen LogP contribution in [0.15, 0.2) is 24.3 Å². The van der Waals surface area contributed by atoms with Crippen molar-refractivity contribution in [3.63, 3.8) is 0 Å². The average Bonchev–Trinajstić information content (AvgIpc) is 2.42. The van der Waals surface area contributed by atoms with E-state index in [2.05, 4.69) is 51.1 Å². The summed E-state index contributed by atoms with van der Waals surface area (Å²) in [6.07, 6.45) is 9.45. The largest absolute Gasteiger partial charge is 0.198 e. The van der Waals surface area contributed by atoms with Crippen molar-refractivity contribution in [3.8, 4) is 6.07 Å². The van der Waals surface area contributed by atoms with Crippen molar-refractivity contribution in [1.82, 2.24) is 0 Å². The smallest absolute Gasteiger partial charge is 0.0693 e. The molecular formula is C20H29N. The molecule has 0 atom stereocenters. The van der Waals surface area contributed by atoms with E-state index in [4.69, 9.17) is 0 Å². The van der Waals surface area contributed by atoms with Gasteiger partial charge in [0.15, 0.2) is 0 Å². The van der Waals surface area contributed by atoms with Gasteiger partial charge >= 0.3 is 0 Å². The van der Waals surface area contributed by atoms with E-state index in [0.717, 1.165) is 19.3 Å². The van der Waals surface area contributed by atoms with Crippen molar-refractivity contribution >= 4 is 0 Å². The van der Waals surface area contributed by atoms with Gasteiger partial charge in [-0.05, 0) is 35.8 Å². The molecule has 1 aromatic rings. The van der Waals surface area contributed by atoms with Gasteiger partial charge in [0.2, 0.25) is 0 Å². The lowest BCUT2D eigenvalue weighted by Gasteiger charge is -2.29. The summed E-state index contributed by atoms with van der Waals surface area (Å²) in [4.78, 5) is 0. The Balaban J connectivity index is 2.12. The zero-order valence-corrected chi connectivity index (χ0v) is 13.9. The molecule has 114 valence electrons. The topological polar surface area (TPSA) is 23.8 Å². The molecule has 21 heavy (non-hydrogen) atoms. The molecule has 0 amide bonds. The molecule has 0 radical (unpaired) electrons. The molecule has 0 spiro atoms. The first-order valence-electron chi connectivity index (χ1n) is 8.46. The van der Waals surface area contributed by atoms with Gasteiger partial charge in [0.05, 0.1) is 11.5 Å². The molecule has 0 N–H and O–H groups in total. The minimum Gasteiger partial charge on any atom is -0.198 e. The molecule has 0 aromatic heterocycles. The van der Waals surface area contributed by atoms with Crippen molar-refractivity contribution in [2.45, 2.75) is 77.6 Å². The SMILES string of the molecule is CC(C)(C)c1ccc(CC2(C#N)CCCCCCC2)cc1. The lowest BCUT2D eigenvalue weighted by Crippen LogP contribution is -2.23. The summed E-state index contributed by atoms with van der Waals surface area (Å²) in [5.74, 6) is 0. The number of rotatable bonds is 2. The Morgan fingerprint density at radius 1 is 0.952 bits per heavy atom. The third kappa shape index (κ3) is 4.34. The van der Waals surface area contributed by atoms with E-state index in [0.29, 0.717) is 0 Å². The van der Waals surface area contributed by atoms with Gasteiger partial charge in [0, 0.05) is 0 Å². The van der Waals surface area contributed by atoms with E-state index < -0.39 is 0 Å². The van der Waals surface area contributed by atoms with Gasteiger partial charge in [-0.2, -0.15) is 5.26 Å². The Kier molecular flexibility index (Phi) is 5.09. The van der Waals surface area contributed by atoms with Crippen LogP contribution in [-0.4, -0.2) is 0 Å². The fourth-order valence-corrected chi connectivity index (χ4v) is 3.42. The highest BCUT2D eigenvalue weighted by Gasteiger charge is 2.30. The molecule has 1 nitrogen and oxygen atoms in total. The van der Waals surface area contributed by atoms with Crippen LogP contribution in [0.3, 0.4) is 0 Å². The molecule has 1 saturated carbocycles. The number of nitriles is 1. The molecule has 0 bridgehead atoms. The maximum atomic E-state index is 9.75. The highest BCUT2D eigenvalue weighted by molar-refractivity contribution is 5.29. The van der Waals surface area contributed by atoms with Gasteiger partial charge in [-0.1, -0.05) is 77.1 Å². The molecule has 1 heteroatoms. The fourth-order valence-electron chi connectivity index (χ4n) is 3.42. The van der Waals surface area contributed by atoms with Crippen molar-refractivity contribution in [1.29, 1.82) is 5.26 Å². The molecule has 0 aliphatic heterocycles. The summed E-state index contributed by atoms with van der Waals surface area (Å²) in [5.41, 5.74) is 2.77. The molecule has 2 rings (SSSR count). The zero-order chi connectivity index (χ0) is 15.3. The Labute approximate surface area is 130 Å². The molecule has 1 aromatic carbocycles. The molecule has 1 fully saturated rings. The van der Waals surface area contributed by atoms with Crippen molar-refractivity contribution in [3.05, 3.63) is 35.4 Å². The van der Waals surface area contributed by atoms with Crippen LogP contribution >= 0.6 is 0 Å². The first-order chi connectivity index (χ1) is 9.95. The van der Waals surface area contributed by atoms with Crippen molar-refractivity contribution in [2.75, 3.05) is 0 Å². The number of nitrogens with zero attached hydrogens (tertiary/aromatic N) is 1. The van der Waals surface area contributed by atoms with Gasteiger partial charge < -0.3 is 0 Å². The van der Waals surface area contributed by atoms with Crippen LogP contribution in [-0.2, 0) is 11.8 Å².